The minimum atomic E-state index is -0.510. The van der Waals surface area contributed by atoms with Crippen molar-refractivity contribution in [2.24, 2.45) is 0 Å². The first-order valence-corrected chi connectivity index (χ1v) is 11.5. The molecule has 2 aromatic heterocycles. The number of benzene rings is 1. The average Bonchev–Trinajstić information content (AvgIpc) is 3.38. The molecular weight excluding hydrogens is 451 g/mol. The van der Waals surface area contributed by atoms with Gasteiger partial charge in [0.2, 0.25) is 5.91 Å². The number of amides is 1. The van der Waals surface area contributed by atoms with Crippen molar-refractivity contribution in [2.45, 2.75) is 32.4 Å². The number of fused-ring (bicyclic) bond motifs is 1. The van der Waals surface area contributed by atoms with Crippen molar-refractivity contribution in [1.29, 1.82) is 5.26 Å². The molecule has 1 amide bonds. The SMILES string of the molecule is Cc1cc(CC(=O)N2CCN3C[C@@H](c4ccc(F)c(C#N)c4C)OC[C@H]3C2)ncc1-n1cnnn1. The van der Waals surface area contributed by atoms with E-state index in [4.69, 9.17) is 4.74 Å². The first-order valence-electron chi connectivity index (χ1n) is 11.5. The predicted octanol–water partition coefficient (Wildman–Crippen LogP) is 1.51. The van der Waals surface area contributed by atoms with Crippen molar-refractivity contribution in [2.75, 3.05) is 32.8 Å². The topological polar surface area (TPSA) is 113 Å². The molecule has 0 unspecified atom stereocenters. The highest BCUT2D eigenvalue weighted by Gasteiger charge is 2.36. The lowest BCUT2D eigenvalue weighted by Crippen LogP contribution is -2.59. The van der Waals surface area contributed by atoms with Crippen LogP contribution in [0.4, 0.5) is 4.39 Å². The van der Waals surface area contributed by atoms with Crippen molar-refractivity contribution < 1.29 is 13.9 Å². The number of morpholine rings is 1. The number of nitrogens with zero attached hydrogens (tertiary/aromatic N) is 8. The third kappa shape index (κ3) is 4.50. The van der Waals surface area contributed by atoms with Gasteiger partial charge in [0.05, 0.1) is 48.3 Å². The second-order valence-electron chi connectivity index (χ2n) is 8.95. The van der Waals surface area contributed by atoms with Crippen molar-refractivity contribution in [3.63, 3.8) is 0 Å². The Morgan fingerprint density at radius 1 is 1.29 bits per heavy atom. The predicted molar refractivity (Wildman–Crippen MR) is 122 cm³/mol. The molecule has 0 spiro atoms. The van der Waals surface area contributed by atoms with Gasteiger partial charge in [0.1, 0.15) is 18.2 Å². The second-order valence-corrected chi connectivity index (χ2v) is 8.95. The summed E-state index contributed by atoms with van der Waals surface area (Å²) >= 11 is 0. The van der Waals surface area contributed by atoms with Crippen molar-refractivity contribution in [3.8, 4) is 11.8 Å². The van der Waals surface area contributed by atoms with E-state index in [1.165, 1.54) is 17.1 Å². The molecule has 2 aliphatic rings. The number of tetrazole rings is 1. The maximum absolute atomic E-state index is 13.9. The molecule has 3 aromatic rings. The van der Waals surface area contributed by atoms with Gasteiger partial charge in [-0.15, -0.1) is 5.10 Å². The molecule has 10 nitrogen and oxygen atoms in total. The van der Waals surface area contributed by atoms with Crippen LogP contribution in [0.2, 0.25) is 0 Å². The molecule has 0 radical (unpaired) electrons. The van der Waals surface area contributed by atoms with Gasteiger partial charge in [-0.25, -0.2) is 4.39 Å². The van der Waals surface area contributed by atoms with Crippen LogP contribution in [0, 0.1) is 31.0 Å². The minimum absolute atomic E-state index is 0.0295. The largest absolute Gasteiger partial charge is 0.370 e. The van der Waals surface area contributed by atoms with Gasteiger partial charge < -0.3 is 9.64 Å². The van der Waals surface area contributed by atoms with Crippen LogP contribution >= 0.6 is 0 Å². The molecule has 35 heavy (non-hydrogen) atoms. The van der Waals surface area contributed by atoms with Gasteiger partial charge in [-0.3, -0.25) is 14.7 Å². The first kappa shape index (κ1) is 23.0. The van der Waals surface area contributed by atoms with Gasteiger partial charge in [-0.1, -0.05) is 6.07 Å². The summed E-state index contributed by atoms with van der Waals surface area (Å²) in [6.45, 7) is 6.73. The fourth-order valence-electron chi connectivity index (χ4n) is 4.86. The molecule has 5 rings (SSSR count). The number of pyridine rings is 1. The van der Waals surface area contributed by atoms with E-state index in [2.05, 4.69) is 25.4 Å². The maximum atomic E-state index is 13.9. The second kappa shape index (κ2) is 9.48. The Kier molecular flexibility index (Phi) is 6.23. The molecule has 0 aliphatic carbocycles. The van der Waals surface area contributed by atoms with Gasteiger partial charge in [0.25, 0.3) is 0 Å². The Morgan fingerprint density at radius 3 is 2.89 bits per heavy atom. The van der Waals surface area contributed by atoms with E-state index in [1.807, 2.05) is 24.0 Å². The molecular formula is C24H25FN8O2. The van der Waals surface area contributed by atoms with Crippen molar-refractivity contribution in [3.05, 3.63) is 64.5 Å². The standard InChI is InChI=1S/C24H25FN8O2/c1-15-7-17(27-10-22(15)33-14-28-29-30-33)8-24(34)32-6-5-31-12-23(35-13-18(31)11-32)19-3-4-21(25)20(9-26)16(19)2/h3-4,7,10,14,18,23H,5-6,8,11-13H2,1-2H3/t18-,23+/m1/s1. The molecule has 1 aromatic carbocycles. The van der Waals surface area contributed by atoms with E-state index in [-0.39, 0.29) is 30.0 Å². The van der Waals surface area contributed by atoms with Gasteiger partial charge in [-0.05, 0) is 53.1 Å². The zero-order valence-electron chi connectivity index (χ0n) is 19.6. The smallest absolute Gasteiger partial charge is 0.228 e. The van der Waals surface area contributed by atoms with Crippen LogP contribution in [0.15, 0.2) is 30.7 Å². The number of aromatic nitrogens is 5. The summed E-state index contributed by atoms with van der Waals surface area (Å²) in [5, 5.41) is 20.4. The number of ether oxygens (including phenoxy) is 1. The quantitative estimate of drug-likeness (QED) is 0.557. The number of nitriles is 1. The average molecular weight is 477 g/mol. The Morgan fingerprint density at radius 2 is 2.14 bits per heavy atom. The number of rotatable bonds is 4. The summed E-state index contributed by atoms with van der Waals surface area (Å²) in [5.41, 5.74) is 3.93. The zero-order chi connectivity index (χ0) is 24.5. The Labute approximate surface area is 201 Å². The Bertz CT molecular complexity index is 1290. The van der Waals surface area contributed by atoms with Crippen LogP contribution in [0.25, 0.3) is 5.69 Å². The molecule has 2 atom stereocenters. The molecule has 2 fully saturated rings. The number of halogens is 1. The van der Waals surface area contributed by atoms with E-state index in [1.54, 1.807) is 19.2 Å². The summed E-state index contributed by atoms with van der Waals surface area (Å²) in [6.07, 6.45) is 3.17. The molecule has 0 bridgehead atoms. The number of hydrogen-bond acceptors (Lipinski definition) is 8. The van der Waals surface area contributed by atoms with Crippen LogP contribution in [-0.2, 0) is 16.0 Å². The van der Waals surface area contributed by atoms with Crippen molar-refractivity contribution >= 4 is 5.91 Å². The lowest BCUT2D eigenvalue weighted by Gasteiger charge is -2.46. The molecule has 2 aliphatic heterocycles. The highest BCUT2D eigenvalue weighted by molar-refractivity contribution is 5.78. The third-order valence-corrected chi connectivity index (χ3v) is 6.83. The molecule has 0 N–H and O–H groups in total. The van der Waals surface area contributed by atoms with Gasteiger partial charge in [-0.2, -0.15) is 9.94 Å². The number of hydrogen-bond donors (Lipinski definition) is 0. The molecule has 11 heteroatoms. The highest BCUT2D eigenvalue weighted by atomic mass is 19.1. The number of piperazine rings is 1. The molecule has 0 saturated carbocycles. The number of carbonyl (C=O) groups excluding carboxylic acids is 1. The van der Waals surface area contributed by atoms with E-state index in [0.29, 0.717) is 37.5 Å². The van der Waals surface area contributed by atoms with Gasteiger partial charge in [0, 0.05) is 26.2 Å². The van der Waals surface area contributed by atoms with Gasteiger partial charge >= 0.3 is 0 Å². The third-order valence-electron chi connectivity index (χ3n) is 6.83. The fourth-order valence-corrected chi connectivity index (χ4v) is 4.86. The highest BCUT2D eigenvalue weighted by Crippen LogP contribution is 2.31. The Hall–Kier alpha value is -3.75. The normalized spacial score (nSPS) is 20.3. The summed E-state index contributed by atoms with van der Waals surface area (Å²) in [6, 6.07) is 6.97. The van der Waals surface area contributed by atoms with Crippen molar-refractivity contribution in [1.82, 2.24) is 35.0 Å². The Balaban J connectivity index is 1.21. The molecule has 4 heterocycles. The van der Waals surface area contributed by atoms with Gasteiger partial charge in [0.15, 0.2) is 0 Å². The maximum Gasteiger partial charge on any atom is 0.228 e. The fraction of sp³-hybridized carbons (Fsp3) is 0.417. The van der Waals surface area contributed by atoms with Crippen LogP contribution in [0.1, 0.15) is 34.1 Å². The summed E-state index contributed by atoms with van der Waals surface area (Å²) < 4.78 is 21.6. The monoisotopic (exact) mass is 476 g/mol. The van der Waals surface area contributed by atoms with E-state index in [0.717, 1.165) is 23.4 Å². The lowest BCUT2D eigenvalue weighted by molar-refractivity contribution is -0.139. The van der Waals surface area contributed by atoms with Crippen LogP contribution in [0.3, 0.4) is 0 Å². The molecule has 2 saturated heterocycles. The first-order chi connectivity index (χ1) is 16.9. The number of carbonyl (C=O) groups is 1. The van der Waals surface area contributed by atoms with E-state index in [9.17, 15) is 14.4 Å². The van der Waals surface area contributed by atoms with E-state index >= 15 is 0 Å². The van der Waals surface area contributed by atoms with E-state index < -0.39 is 5.82 Å². The summed E-state index contributed by atoms with van der Waals surface area (Å²) in [7, 11) is 0. The van der Waals surface area contributed by atoms with Crippen LogP contribution in [0.5, 0.6) is 0 Å². The van der Waals surface area contributed by atoms with Crippen LogP contribution in [-0.4, -0.2) is 79.7 Å². The summed E-state index contributed by atoms with van der Waals surface area (Å²) in [4.78, 5) is 21.6. The lowest BCUT2D eigenvalue weighted by atomic mass is 9.96. The zero-order valence-corrected chi connectivity index (χ0v) is 19.6. The number of aryl methyl sites for hydroxylation is 1. The molecule has 180 valence electrons. The summed E-state index contributed by atoms with van der Waals surface area (Å²) in [5.74, 6) is -0.480. The van der Waals surface area contributed by atoms with Crippen LogP contribution < -0.4 is 0 Å². The minimum Gasteiger partial charge on any atom is -0.370 e.